The first-order valence-corrected chi connectivity index (χ1v) is 9.72. The summed E-state index contributed by atoms with van der Waals surface area (Å²) in [5.74, 6) is 0.203. The van der Waals surface area contributed by atoms with E-state index < -0.39 is 6.04 Å². The number of urea groups is 1. The van der Waals surface area contributed by atoms with Crippen LogP contribution in [0.1, 0.15) is 18.4 Å². The maximum absolute atomic E-state index is 12.7. The highest BCUT2D eigenvalue weighted by molar-refractivity contribution is 5.82. The summed E-state index contributed by atoms with van der Waals surface area (Å²) in [7, 11) is 1.81. The predicted octanol–water partition coefficient (Wildman–Crippen LogP) is 1.14. The molecule has 2 N–H and O–H groups in total. The van der Waals surface area contributed by atoms with E-state index in [0.29, 0.717) is 45.9 Å². The molecule has 7 nitrogen and oxygen atoms in total. The normalized spacial score (nSPS) is 19.6. The van der Waals surface area contributed by atoms with Crippen LogP contribution in [0.3, 0.4) is 0 Å². The quantitative estimate of drug-likeness (QED) is 0.857. The monoisotopic (exact) mass is 374 g/mol. The lowest BCUT2D eigenvalue weighted by atomic mass is 9.91. The van der Waals surface area contributed by atoms with Crippen LogP contribution in [0.5, 0.6) is 0 Å². The molecule has 2 aliphatic heterocycles. The topological polar surface area (TPSA) is 79.1 Å². The Labute approximate surface area is 161 Å². The van der Waals surface area contributed by atoms with Crippen LogP contribution < -0.4 is 5.73 Å². The van der Waals surface area contributed by atoms with Crippen molar-refractivity contribution in [2.45, 2.75) is 25.4 Å². The summed E-state index contributed by atoms with van der Waals surface area (Å²) >= 11 is 0. The van der Waals surface area contributed by atoms with E-state index in [1.54, 1.807) is 9.80 Å². The third kappa shape index (κ3) is 4.99. The lowest BCUT2D eigenvalue weighted by Crippen LogP contribution is -2.57. The lowest BCUT2D eigenvalue weighted by Gasteiger charge is -2.38. The van der Waals surface area contributed by atoms with Crippen LogP contribution >= 0.6 is 0 Å². The fourth-order valence-corrected chi connectivity index (χ4v) is 3.77. The Bertz CT molecular complexity index is 625. The average molecular weight is 374 g/mol. The molecule has 3 amide bonds. The number of carbonyl (C=O) groups excluding carboxylic acids is 2. The van der Waals surface area contributed by atoms with Crippen molar-refractivity contribution in [3.63, 3.8) is 0 Å². The van der Waals surface area contributed by atoms with Crippen LogP contribution in [0.15, 0.2) is 30.3 Å². The maximum atomic E-state index is 12.7. The summed E-state index contributed by atoms with van der Waals surface area (Å²) in [5.41, 5.74) is 7.32. The molecule has 0 bridgehead atoms. The van der Waals surface area contributed by atoms with Crippen molar-refractivity contribution in [3.05, 3.63) is 35.9 Å². The molecule has 0 spiro atoms. The first-order valence-electron chi connectivity index (χ1n) is 9.72. The Morgan fingerprint density at radius 1 is 1.11 bits per heavy atom. The zero-order valence-corrected chi connectivity index (χ0v) is 16.0. The minimum Gasteiger partial charge on any atom is -0.381 e. The number of hydrogen-bond donors (Lipinski definition) is 1. The maximum Gasteiger partial charge on any atom is 0.320 e. The lowest BCUT2D eigenvalue weighted by molar-refractivity contribution is -0.136. The molecule has 3 rings (SSSR count). The zero-order valence-electron chi connectivity index (χ0n) is 16.0. The second-order valence-corrected chi connectivity index (χ2v) is 7.41. The number of amides is 3. The Balaban J connectivity index is 1.47. The Morgan fingerprint density at radius 3 is 2.33 bits per heavy atom. The highest BCUT2D eigenvalue weighted by Crippen LogP contribution is 2.19. The highest BCUT2D eigenvalue weighted by atomic mass is 16.5. The largest absolute Gasteiger partial charge is 0.381 e. The Morgan fingerprint density at radius 2 is 1.70 bits per heavy atom. The molecule has 1 atom stereocenters. The summed E-state index contributed by atoms with van der Waals surface area (Å²) in [5, 5.41) is 0. The smallest absolute Gasteiger partial charge is 0.320 e. The highest BCUT2D eigenvalue weighted by Gasteiger charge is 2.32. The minimum atomic E-state index is -0.461. The number of nitrogens with zero attached hydrogens (tertiary/aromatic N) is 3. The summed E-state index contributed by atoms with van der Waals surface area (Å²) in [4.78, 5) is 30.7. The average Bonchev–Trinajstić information content (AvgIpc) is 2.73. The molecule has 2 saturated heterocycles. The van der Waals surface area contributed by atoms with Gasteiger partial charge in [-0.25, -0.2) is 4.79 Å². The van der Waals surface area contributed by atoms with Gasteiger partial charge in [0.15, 0.2) is 0 Å². The number of piperazine rings is 1. The van der Waals surface area contributed by atoms with Crippen molar-refractivity contribution >= 4 is 11.9 Å². The number of benzene rings is 1. The van der Waals surface area contributed by atoms with E-state index >= 15 is 0 Å². The molecule has 0 aliphatic carbocycles. The van der Waals surface area contributed by atoms with Gasteiger partial charge in [0, 0.05) is 53.0 Å². The van der Waals surface area contributed by atoms with Crippen LogP contribution in [0.2, 0.25) is 0 Å². The molecule has 2 fully saturated rings. The van der Waals surface area contributed by atoms with Crippen molar-refractivity contribution in [2.75, 3.05) is 46.4 Å². The van der Waals surface area contributed by atoms with Gasteiger partial charge in [-0.05, 0) is 24.3 Å². The number of rotatable bonds is 4. The molecular weight excluding hydrogens is 344 g/mol. The van der Waals surface area contributed by atoms with Crippen molar-refractivity contribution in [2.24, 2.45) is 11.7 Å². The summed E-state index contributed by atoms with van der Waals surface area (Å²) in [6, 6.07) is 9.47. The third-order valence-corrected chi connectivity index (χ3v) is 5.51. The molecule has 0 saturated carbocycles. The Hall–Kier alpha value is -2.12. The van der Waals surface area contributed by atoms with Gasteiger partial charge < -0.3 is 25.2 Å². The van der Waals surface area contributed by atoms with E-state index in [-0.39, 0.29) is 17.9 Å². The molecule has 1 unspecified atom stereocenters. The molecule has 0 radical (unpaired) electrons. The fraction of sp³-hybridized carbons (Fsp3) is 0.600. The SMILES string of the molecule is CN(Cc1ccccc1)C(=O)N1CCN(C(=O)C(N)C2CCOCC2)CC1. The van der Waals surface area contributed by atoms with Gasteiger partial charge in [0.2, 0.25) is 5.91 Å². The van der Waals surface area contributed by atoms with Crippen molar-refractivity contribution < 1.29 is 14.3 Å². The molecule has 2 aliphatic rings. The molecule has 1 aromatic rings. The van der Waals surface area contributed by atoms with Gasteiger partial charge >= 0.3 is 6.03 Å². The van der Waals surface area contributed by atoms with E-state index in [1.165, 1.54) is 0 Å². The number of ether oxygens (including phenoxy) is 1. The first kappa shape index (κ1) is 19.6. The van der Waals surface area contributed by atoms with E-state index in [1.807, 2.05) is 42.3 Å². The van der Waals surface area contributed by atoms with Crippen LogP contribution in [0.25, 0.3) is 0 Å². The molecule has 7 heteroatoms. The molecule has 148 valence electrons. The number of hydrogen-bond acceptors (Lipinski definition) is 4. The fourth-order valence-electron chi connectivity index (χ4n) is 3.77. The van der Waals surface area contributed by atoms with E-state index in [9.17, 15) is 9.59 Å². The molecule has 27 heavy (non-hydrogen) atoms. The van der Waals surface area contributed by atoms with Crippen LogP contribution in [0.4, 0.5) is 4.79 Å². The van der Waals surface area contributed by atoms with Crippen LogP contribution in [0, 0.1) is 5.92 Å². The van der Waals surface area contributed by atoms with Gasteiger partial charge in [-0.2, -0.15) is 0 Å². The summed E-state index contributed by atoms with van der Waals surface area (Å²) in [6.45, 7) is 4.12. The number of nitrogens with two attached hydrogens (primary N) is 1. The van der Waals surface area contributed by atoms with Gasteiger partial charge in [0.05, 0.1) is 6.04 Å². The van der Waals surface area contributed by atoms with E-state index in [4.69, 9.17) is 10.5 Å². The molecule has 2 heterocycles. The van der Waals surface area contributed by atoms with Crippen LogP contribution in [-0.4, -0.2) is 79.1 Å². The summed E-state index contributed by atoms with van der Waals surface area (Å²) < 4.78 is 5.35. The van der Waals surface area contributed by atoms with E-state index in [0.717, 1.165) is 18.4 Å². The zero-order chi connectivity index (χ0) is 19.2. The van der Waals surface area contributed by atoms with Gasteiger partial charge in [-0.3, -0.25) is 4.79 Å². The predicted molar refractivity (Wildman–Crippen MR) is 103 cm³/mol. The van der Waals surface area contributed by atoms with Gasteiger partial charge in [0.1, 0.15) is 0 Å². The second kappa shape index (κ2) is 9.19. The van der Waals surface area contributed by atoms with Gasteiger partial charge in [0.25, 0.3) is 0 Å². The van der Waals surface area contributed by atoms with Crippen LogP contribution in [-0.2, 0) is 16.1 Å². The van der Waals surface area contributed by atoms with Gasteiger partial charge in [-0.15, -0.1) is 0 Å². The van der Waals surface area contributed by atoms with Crippen molar-refractivity contribution in [3.8, 4) is 0 Å². The Kier molecular flexibility index (Phi) is 6.68. The van der Waals surface area contributed by atoms with E-state index in [2.05, 4.69) is 0 Å². The van der Waals surface area contributed by atoms with Crippen molar-refractivity contribution in [1.82, 2.24) is 14.7 Å². The van der Waals surface area contributed by atoms with Crippen molar-refractivity contribution in [1.29, 1.82) is 0 Å². The minimum absolute atomic E-state index is 0.000296. The second-order valence-electron chi connectivity index (χ2n) is 7.41. The number of carbonyl (C=O) groups is 2. The first-order chi connectivity index (χ1) is 13.1. The molecule has 0 aromatic heterocycles. The molecule has 1 aromatic carbocycles. The summed E-state index contributed by atoms with van der Waals surface area (Å²) in [6.07, 6.45) is 1.69. The molecular formula is C20H30N4O3. The standard InChI is InChI=1S/C20H30N4O3/c1-22(15-16-5-3-2-4-6-16)20(26)24-11-9-23(10-12-24)19(25)18(21)17-7-13-27-14-8-17/h2-6,17-18H,7-15,21H2,1H3. The third-order valence-electron chi connectivity index (χ3n) is 5.51. The van der Waals surface area contributed by atoms with Gasteiger partial charge in [-0.1, -0.05) is 30.3 Å².